The second-order valence-electron chi connectivity index (χ2n) is 8.08. The highest BCUT2D eigenvalue weighted by molar-refractivity contribution is 5.87. The fraction of sp³-hybridized carbons (Fsp3) is 0.250. The first-order valence-electron chi connectivity index (χ1n) is 10.7. The molecular weight excluding hydrogens is 424 g/mol. The minimum Gasteiger partial charge on any atom is -0.341 e. The quantitative estimate of drug-likeness (QED) is 0.502. The van der Waals surface area contributed by atoms with Gasteiger partial charge in [0.05, 0.1) is 28.4 Å². The summed E-state index contributed by atoms with van der Waals surface area (Å²) in [7, 11) is 0. The zero-order valence-electron chi connectivity index (χ0n) is 17.7. The molecule has 1 aliphatic heterocycles. The molecular formula is C24H21F2N7. The molecule has 0 bridgehead atoms. The molecule has 5 rings (SSSR count). The van der Waals surface area contributed by atoms with E-state index < -0.39 is 6.55 Å². The normalized spacial score (nSPS) is 14.7. The Morgan fingerprint density at radius 1 is 1.03 bits per heavy atom. The average Bonchev–Trinajstić information content (AvgIpc) is 3.28. The molecule has 4 aromatic rings. The van der Waals surface area contributed by atoms with E-state index in [2.05, 4.69) is 20.9 Å². The molecule has 0 aliphatic carbocycles. The lowest BCUT2D eigenvalue weighted by molar-refractivity contribution is 0.0746. The van der Waals surface area contributed by atoms with E-state index in [4.69, 9.17) is 16.0 Å². The molecule has 1 aliphatic rings. The maximum absolute atomic E-state index is 13.2. The van der Waals surface area contributed by atoms with Crippen LogP contribution in [-0.2, 0) is 0 Å². The Bertz CT molecular complexity index is 1330. The Morgan fingerprint density at radius 3 is 2.45 bits per heavy atom. The lowest BCUT2D eigenvalue weighted by atomic mass is 9.99. The van der Waals surface area contributed by atoms with Crippen LogP contribution in [0.25, 0.3) is 33.4 Å². The Labute approximate surface area is 189 Å². The third kappa shape index (κ3) is 4.01. The minimum atomic E-state index is -2.66. The molecule has 166 valence electrons. The van der Waals surface area contributed by atoms with Crippen LogP contribution in [0, 0.1) is 11.3 Å². The number of fused-ring (bicyclic) bond motifs is 1. The summed E-state index contributed by atoms with van der Waals surface area (Å²) in [4.78, 5) is 15.7. The van der Waals surface area contributed by atoms with Crippen molar-refractivity contribution in [3.63, 3.8) is 0 Å². The van der Waals surface area contributed by atoms with E-state index in [1.807, 2.05) is 12.1 Å². The van der Waals surface area contributed by atoms with Crippen LogP contribution in [0.3, 0.4) is 0 Å². The number of rotatable bonds is 4. The third-order valence-corrected chi connectivity index (χ3v) is 5.98. The van der Waals surface area contributed by atoms with Crippen LogP contribution < -0.4 is 10.6 Å². The lowest BCUT2D eigenvalue weighted by Crippen LogP contribution is -2.40. The molecule has 1 saturated heterocycles. The number of halogens is 2. The van der Waals surface area contributed by atoms with Gasteiger partial charge in [-0.05, 0) is 42.7 Å². The van der Waals surface area contributed by atoms with E-state index in [0.29, 0.717) is 28.2 Å². The molecule has 0 amide bonds. The predicted octanol–water partition coefficient (Wildman–Crippen LogP) is 4.35. The molecule has 0 atom stereocenters. The highest BCUT2D eigenvalue weighted by Crippen LogP contribution is 2.34. The largest absolute Gasteiger partial charge is 0.341 e. The molecule has 0 unspecified atom stereocenters. The van der Waals surface area contributed by atoms with Crippen LogP contribution in [0.2, 0.25) is 0 Å². The van der Waals surface area contributed by atoms with Crippen molar-refractivity contribution in [1.29, 1.82) is 5.26 Å². The maximum atomic E-state index is 13.2. The van der Waals surface area contributed by atoms with Crippen LogP contribution >= 0.6 is 0 Å². The van der Waals surface area contributed by atoms with E-state index in [-0.39, 0.29) is 6.04 Å². The van der Waals surface area contributed by atoms with Gasteiger partial charge in [0.15, 0.2) is 0 Å². The summed E-state index contributed by atoms with van der Waals surface area (Å²) in [5.74, 6) is 0.619. The van der Waals surface area contributed by atoms with Crippen LogP contribution in [0.5, 0.6) is 0 Å². The number of alkyl halides is 2. The van der Waals surface area contributed by atoms with Gasteiger partial charge < -0.3 is 10.6 Å². The monoisotopic (exact) mass is 445 g/mol. The SMILES string of the molecule is N#Cc1ccc(-c2nc(N3CCC(N)CC3)ncc2-c2ccc3c(c2)ncn3C(F)F)cc1. The fourth-order valence-electron chi connectivity index (χ4n) is 4.11. The van der Waals surface area contributed by atoms with Gasteiger partial charge in [-0.3, -0.25) is 4.57 Å². The molecule has 1 fully saturated rings. The molecule has 2 aromatic heterocycles. The Hall–Kier alpha value is -3.90. The second-order valence-corrected chi connectivity index (χ2v) is 8.08. The van der Waals surface area contributed by atoms with Gasteiger partial charge >= 0.3 is 6.55 Å². The number of nitrogens with zero attached hydrogens (tertiary/aromatic N) is 6. The first-order valence-corrected chi connectivity index (χ1v) is 10.7. The zero-order chi connectivity index (χ0) is 22.9. The Kier molecular flexibility index (Phi) is 5.44. The van der Waals surface area contributed by atoms with Crippen molar-refractivity contribution in [2.45, 2.75) is 25.4 Å². The minimum absolute atomic E-state index is 0.193. The molecule has 0 radical (unpaired) electrons. The van der Waals surface area contributed by atoms with Crippen LogP contribution in [-0.4, -0.2) is 38.7 Å². The molecule has 0 spiro atoms. The molecule has 2 N–H and O–H groups in total. The van der Waals surface area contributed by atoms with Crippen molar-refractivity contribution in [3.05, 3.63) is 60.6 Å². The van der Waals surface area contributed by atoms with Gasteiger partial charge in [0.2, 0.25) is 5.95 Å². The van der Waals surface area contributed by atoms with E-state index in [0.717, 1.165) is 53.5 Å². The summed E-state index contributed by atoms with van der Waals surface area (Å²) < 4.78 is 27.3. The Morgan fingerprint density at radius 2 is 1.76 bits per heavy atom. The van der Waals surface area contributed by atoms with Crippen molar-refractivity contribution >= 4 is 17.0 Å². The van der Waals surface area contributed by atoms with Crippen LogP contribution in [0.4, 0.5) is 14.7 Å². The first-order chi connectivity index (χ1) is 16.0. The topological polar surface area (TPSA) is 96.7 Å². The molecule has 33 heavy (non-hydrogen) atoms. The summed E-state index contributed by atoms with van der Waals surface area (Å²) in [6.45, 7) is -1.09. The number of hydrogen-bond acceptors (Lipinski definition) is 6. The van der Waals surface area contributed by atoms with E-state index >= 15 is 0 Å². The molecule has 9 heteroatoms. The van der Waals surface area contributed by atoms with Gasteiger partial charge in [0, 0.05) is 36.5 Å². The molecule has 3 heterocycles. The molecule has 2 aromatic carbocycles. The number of nitriles is 1. The van der Waals surface area contributed by atoms with Gasteiger partial charge in [-0.1, -0.05) is 18.2 Å². The van der Waals surface area contributed by atoms with E-state index in [9.17, 15) is 8.78 Å². The zero-order valence-corrected chi connectivity index (χ0v) is 17.7. The number of nitrogens with two attached hydrogens (primary N) is 1. The lowest BCUT2D eigenvalue weighted by Gasteiger charge is -2.30. The van der Waals surface area contributed by atoms with Crippen LogP contribution in [0.1, 0.15) is 25.0 Å². The van der Waals surface area contributed by atoms with Gasteiger partial charge in [-0.2, -0.15) is 14.0 Å². The fourth-order valence-corrected chi connectivity index (χ4v) is 4.11. The van der Waals surface area contributed by atoms with Crippen LogP contribution in [0.15, 0.2) is 55.0 Å². The number of benzene rings is 2. The first kappa shape index (κ1) is 21.0. The summed E-state index contributed by atoms with van der Waals surface area (Å²) >= 11 is 0. The van der Waals surface area contributed by atoms with Gasteiger partial charge in [-0.15, -0.1) is 0 Å². The summed E-state index contributed by atoms with van der Waals surface area (Å²) in [6.07, 6.45) is 4.65. The number of piperidine rings is 1. The highest BCUT2D eigenvalue weighted by atomic mass is 19.3. The number of hydrogen-bond donors (Lipinski definition) is 1. The van der Waals surface area contributed by atoms with Gasteiger partial charge in [0.1, 0.15) is 6.33 Å². The van der Waals surface area contributed by atoms with Gasteiger partial charge in [0.25, 0.3) is 0 Å². The number of anilines is 1. The third-order valence-electron chi connectivity index (χ3n) is 5.98. The van der Waals surface area contributed by atoms with Crippen molar-refractivity contribution in [1.82, 2.24) is 19.5 Å². The summed E-state index contributed by atoms with van der Waals surface area (Å²) in [5, 5.41) is 9.15. The average molecular weight is 445 g/mol. The maximum Gasteiger partial charge on any atom is 0.320 e. The second kappa shape index (κ2) is 8.56. The predicted molar refractivity (Wildman–Crippen MR) is 122 cm³/mol. The molecule has 7 nitrogen and oxygen atoms in total. The summed E-state index contributed by atoms with van der Waals surface area (Å²) in [6, 6.07) is 14.7. The Balaban J connectivity index is 1.61. The highest BCUT2D eigenvalue weighted by Gasteiger charge is 2.21. The summed E-state index contributed by atoms with van der Waals surface area (Å²) in [5.41, 5.74) is 10.5. The van der Waals surface area contributed by atoms with Crippen molar-refractivity contribution < 1.29 is 8.78 Å². The van der Waals surface area contributed by atoms with E-state index in [1.54, 1.807) is 36.5 Å². The number of imidazole rings is 1. The van der Waals surface area contributed by atoms with Gasteiger partial charge in [-0.25, -0.2) is 15.0 Å². The van der Waals surface area contributed by atoms with Crippen molar-refractivity contribution in [2.24, 2.45) is 5.73 Å². The van der Waals surface area contributed by atoms with Crippen molar-refractivity contribution in [3.8, 4) is 28.5 Å². The van der Waals surface area contributed by atoms with E-state index in [1.165, 1.54) is 0 Å². The van der Waals surface area contributed by atoms with Crippen molar-refractivity contribution in [2.75, 3.05) is 18.0 Å². The smallest absolute Gasteiger partial charge is 0.320 e. The number of aromatic nitrogens is 4. The standard InChI is InChI=1S/C24H21F2N7/c25-23(26)33-14-30-20-11-17(5-6-21(20)33)19-13-29-24(32-9-7-18(28)8-10-32)31-22(19)16-3-1-15(12-27)2-4-16/h1-6,11,13-14,18,23H,7-10,28H2. The molecule has 0 saturated carbocycles.